The van der Waals surface area contributed by atoms with E-state index in [1.165, 1.54) is 18.2 Å². The highest BCUT2D eigenvalue weighted by molar-refractivity contribution is 7.99. The number of ether oxygens (including phenoxy) is 1. The fraction of sp³-hybridized carbons (Fsp3) is 0.227. The summed E-state index contributed by atoms with van der Waals surface area (Å²) >= 11 is 1.06. The Morgan fingerprint density at radius 3 is 2.59 bits per heavy atom. The molecule has 2 aromatic carbocycles. The highest BCUT2D eigenvalue weighted by Gasteiger charge is 2.33. The SMILES string of the molecule is C=CCn1c(COc2ccc(C)cc2)nnc1SCC(=O)Nc1ccccc1C(F)(F)F. The summed E-state index contributed by atoms with van der Waals surface area (Å²) in [6, 6.07) is 12.4. The molecule has 3 aromatic rings. The predicted molar refractivity (Wildman–Crippen MR) is 117 cm³/mol. The zero-order valence-corrected chi connectivity index (χ0v) is 18.0. The second-order valence-electron chi connectivity index (χ2n) is 6.78. The Morgan fingerprint density at radius 1 is 1.19 bits per heavy atom. The second kappa shape index (κ2) is 10.4. The number of alkyl halides is 3. The molecule has 1 aromatic heterocycles. The first kappa shape index (κ1) is 23.4. The molecular weight excluding hydrogens is 441 g/mol. The van der Waals surface area contributed by atoms with Crippen molar-refractivity contribution in [2.75, 3.05) is 11.1 Å². The highest BCUT2D eigenvalue weighted by atomic mass is 32.2. The Bertz CT molecular complexity index is 1080. The molecule has 0 unspecified atom stereocenters. The predicted octanol–water partition coefficient (Wildman–Crippen LogP) is 5.10. The van der Waals surface area contributed by atoms with Crippen LogP contribution in [0.1, 0.15) is 17.0 Å². The minimum atomic E-state index is -4.56. The normalized spacial score (nSPS) is 11.2. The molecule has 0 aliphatic heterocycles. The van der Waals surface area contributed by atoms with Crippen molar-refractivity contribution in [3.8, 4) is 5.75 Å². The number of allylic oxidation sites excluding steroid dienone is 1. The Balaban J connectivity index is 1.64. The lowest BCUT2D eigenvalue weighted by Crippen LogP contribution is -2.18. The van der Waals surface area contributed by atoms with Crippen molar-refractivity contribution in [3.63, 3.8) is 0 Å². The van der Waals surface area contributed by atoms with Crippen molar-refractivity contribution < 1.29 is 22.7 Å². The van der Waals surface area contributed by atoms with E-state index in [2.05, 4.69) is 22.1 Å². The maximum Gasteiger partial charge on any atom is 0.418 e. The van der Waals surface area contributed by atoms with Crippen LogP contribution in [0.5, 0.6) is 5.75 Å². The van der Waals surface area contributed by atoms with Gasteiger partial charge in [-0.25, -0.2) is 0 Å². The summed E-state index contributed by atoms with van der Waals surface area (Å²) in [7, 11) is 0. The molecule has 3 rings (SSSR count). The summed E-state index contributed by atoms with van der Waals surface area (Å²) < 4.78 is 46.8. The van der Waals surface area contributed by atoms with E-state index in [4.69, 9.17) is 4.74 Å². The summed E-state index contributed by atoms with van der Waals surface area (Å²) in [6.07, 6.45) is -2.91. The van der Waals surface area contributed by atoms with Gasteiger partial charge in [-0.3, -0.25) is 9.36 Å². The number of thioether (sulfide) groups is 1. The van der Waals surface area contributed by atoms with Crippen molar-refractivity contribution >= 4 is 23.4 Å². The molecule has 0 radical (unpaired) electrons. The van der Waals surface area contributed by atoms with Gasteiger partial charge in [0.15, 0.2) is 11.0 Å². The van der Waals surface area contributed by atoms with Crippen molar-refractivity contribution in [3.05, 3.63) is 78.1 Å². The van der Waals surface area contributed by atoms with E-state index in [-0.39, 0.29) is 18.0 Å². The fourth-order valence-electron chi connectivity index (χ4n) is 2.78. The quantitative estimate of drug-likeness (QED) is 0.354. The third-order valence-corrected chi connectivity index (χ3v) is 5.30. The molecule has 0 spiro atoms. The van der Waals surface area contributed by atoms with Gasteiger partial charge in [0.2, 0.25) is 5.91 Å². The molecule has 1 heterocycles. The van der Waals surface area contributed by atoms with E-state index >= 15 is 0 Å². The van der Waals surface area contributed by atoms with Gasteiger partial charge in [0.25, 0.3) is 0 Å². The van der Waals surface area contributed by atoms with E-state index in [0.717, 1.165) is 23.4 Å². The molecule has 0 saturated heterocycles. The summed E-state index contributed by atoms with van der Waals surface area (Å²) in [4.78, 5) is 12.3. The van der Waals surface area contributed by atoms with Crippen LogP contribution in [0.15, 0.2) is 66.3 Å². The molecule has 0 aliphatic carbocycles. The van der Waals surface area contributed by atoms with Gasteiger partial charge >= 0.3 is 6.18 Å². The van der Waals surface area contributed by atoms with Crippen LogP contribution in [-0.4, -0.2) is 26.4 Å². The van der Waals surface area contributed by atoms with Crippen molar-refractivity contribution in [2.45, 2.75) is 31.4 Å². The molecule has 1 N–H and O–H groups in total. The van der Waals surface area contributed by atoms with Crippen molar-refractivity contribution in [2.24, 2.45) is 0 Å². The molecule has 1 amide bonds. The van der Waals surface area contributed by atoms with Crippen molar-refractivity contribution in [1.82, 2.24) is 14.8 Å². The molecule has 0 bridgehead atoms. The van der Waals surface area contributed by atoms with Crippen LogP contribution in [0.2, 0.25) is 0 Å². The zero-order valence-electron chi connectivity index (χ0n) is 17.2. The number of halogens is 3. The smallest absolute Gasteiger partial charge is 0.418 e. The Hall–Kier alpha value is -3.27. The van der Waals surface area contributed by atoms with Gasteiger partial charge in [0, 0.05) is 6.54 Å². The summed E-state index contributed by atoms with van der Waals surface area (Å²) in [5, 5.41) is 11.0. The molecule has 6 nitrogen and oxygen atoms in total. The van der Waals surface area contributed by atoms with Gasteiger partial charge in [-0.2, -0.15) is 13.2 Å². The Morgan fingerprint density at radius 2 is 1.91 bits per heavy atom. The van der Waals surface area contributed by atoms with Gasteiger partial charge in [-0.15, -0.1) is 16.8 Å². The molecule has 0 saturated carbocycles. The average molecular weight is 462 g/mol. The van der Waals surface area contributed by atoms with Gasteiger partial charge in [-0.1, -0.05) is 47.7 Å². The molecule has 168 valence electrons. The van der Waals surface area contributed by atoms with E-state index < -0.39 is 17.6 Å². The van der Waals surface area contributed by atoms with E-state index in [9.17, 15) is 18.0 Å². The molecule has 10 heteroatoms. The molecular formula is C22H21F3N4O2S. The number of carbonyl (C=O) groups is 1. The number of nitrogens with zero attached hydrogens (tertiary/aromatic N) is 3. The number of aromatic nitrogens is 3. The molecule has 32 heavy (non-hydrogen) atoms. The molecule has 0 fully saturated rings. The number of aryl methyl sites for hydroxylation is 1. The minimum Gasteiger partial charge on any atom is -0.486 e. The lowest BCUT2D eigenvalue weighted by Gasteiger charge is -2.13. The number of hydrogen-bond donors (Lipinski definition) is 1. The molecule has 0 aliphatic rings. The van der Waals surface area contributed by atoms with Crippen LogP contribution in [-0.2, 0) is 24.1 Å². The Kier molecular flexibility index (Phi) is 7.57. The van der Waals surface area contributed by atoms with E-state index in [1.807, 2.05) is 31.2 Å². The second-order valence-corrected chi connectivity index (χ2v) is 7.72. The first-order chi connectivity index (χ1) is 15.3. The maximum absolute atomic E-state index is 13.1. The lowest BCUT2D eigenvalue weighted by atomic mass is 10.1. The van der Waals surface area contributed by atoms with Crippen LogP contribution in [0.4, 0.5) is 18.9 Å². The van der Waals surface area contributed by atoms with Gasteiger partial charge in [0.05, 0.1) is 17.0 Å². The van der Waals surface area contributed by atoms with Crippen LogP contribution in [0.25, 0.3) is 0 Å². The Labute approximate surface area is 187 Å². The van der Waals surface area contributed by atoms with Crippen molar-refractivity contribution in [1.29, 1.82) is 0 Å². The van der Waals surface area contributed by atoms with Crippen LogP contribution in [0.3, 0.4) is 0 Å². The number of anilines is 1. The number of hydrogen-bond acceptors (Lipinski definition) is 5. The summed E-state index contributed by atoms with van der Waals surface area (Å²) in [5.74, 6) is 0.495. The van der Waals surface area contributed by atoms with Gasteiger partial charge in [0.1, 0.15) is 12.4 Å². The number of benzene rings is 2. The van der Waals surface area contributed by atoms with Gasteiger partial charge in [-0.05, 0) is 31.2 Å². The van der Waals surface area contributed by atoms with E-state index in [0.29, 0.717) is 23.3 Å². The third-order valence-electron chi connectivity index (χ3n) is 4.33. The first-order valence-electron chi connectivity index (χ1n) is 9.59. The molecule has 0 atom stereocenters. The topological polar surface area (TPSA) is 69.0 Å². The number of amides is 1. The minimum absolute atomic E-state index is 0.139. The number of carbonyl (C=O) groups excluding carboxylic acids is 1. The zero-order chi connectivity index (χ0) is 23.1. The fourth-order valence-corrected chi connectivity index (χ4v) is 3.55. The number of para-hydroxylation sites is 1. The largest absolute Gasteiger partial charge is 0.486 e. The number of rotatable bonds is 9. The van der Waals surface area contributed by atoms with E-state index in [1.54, 1.807) is 10.6 Å². The van der Waals surface area contributed by atoms with Gasteiger partial charge < -0.3 is 10.1 Å². The van der Waals surface area contributed by atoms with Crippen LogP contribution < -0.4 is 10.1 Å². The lowest BCUT2D eigenvalue weighted by molar-refractivity contribution is -0.137. The average Bonchev–Trinajstić information content (AvgIpc) is 3.13. The summed E-state index contributed by atoms with van der Waals surface area (Å²) in [5.41, 5.74) is -0.0731. The summed E-state index contributed by atoms with van der Waals surface area (Å²) in [6.45, 7) is 6.25. The number of nitrogens with one attached hydrogen (secondary N) is 1. The maximum atomic E-state index is 13.1. The van der Waals surface area contributed by atoms with Crippen LogP contribution in [0, 0.1) is 6.92 Å². The third kappa shape index (κ3) is 6.13. The highest BCUT2D eigenvalue weighted by Crippen LogP contribution is 2.34. The standard InChI is InChI=1S/C22H21F3N4O2S/c1-3-12-29-19(13-31-16-10-8-15(2)9-11-16)27-28-21(29)32-14-20(30)26-18-7-5-4-6-17(18)22(23,24)25/h3-11H,1,12-14H2,2H3,(H,26,30). The van der Waals surface area contributed by atoms with Crippen LogP contribution >= 0.6 is 11.8 Å². The monoisotopic (exact) mass is 462 g/mol. The first-order valence-corrected chi connectivity index (χ1v) is 10.6.